The Hall–Kier alpha value is -3.12. The normalized spacial score (nSPS) is 14.5. The van der Waals surface area contributed by atoms with Gasteiger partial charge < -0.3 is 15.5 Å². The average Bonchev–Trinajstić information content (AvgIpc) is 2.75. The second-order valence-electron chi connectivity index (χ2n) is 7.97. The van der Waals surface area contributed by atoms with Crippen LogP contribution in [0.2, 0.25) is 5.02 Å². The molecule has 0 radical (unpaired) electrons. The third-order valence-electron chi connectivity index (χ3n) is 5.62. The second-order valence-corrected chi connectivity index (χ2v) is 8.40. The van der Waals surface area contributed by atoms with E-state index in [0.717, 1.165) is 59.6 Å². The Labute approximate surface area is 186 Å². The first-order valence-electron chi connectivity index (χ1n) is 10.4. The van der Waals surface area contributed by atoms with Gasteiger partial charge in [0.15, 0.2) is 0 Å². The number of halogens is 1. The number of hydrogen-bond acceptors (Lipinski definition) is 4. The van der Waals surface area contributed by atoms with Crippen molar-refractivity contribution in [3.63, 3.8) is 0 Å². The first-order valence-corrected chi connectivity index (χ1v) is 10.8. The molecule has 0 spiro atoms. The SMILES string of the molecule is CC(=O)Nc1ccc2nc(N3CCC(C(=O)Nc4ccc(Cl)cc4)CC3)cc(C)c2c1. The van der Waals surface area contributed by atoms with Crippen LogP contribution in [0.5, 0.6) is 0 Å². The molecule has 4 rings (SSSR count). The number of carbonyl (C=O) groups is 2. The number of hydrogen-bond donors (Lipinski definition) is 2. The minimum atomic E-state index is -0.0930. The van der Waals surface area contributed by atoms with E-state index in [1.807, 2.05) is 30.3 Å². The Balaban J connectivity index is 1.42. The lowest BCUT2D eigenvalue weighted by molar-refractivity contribution is -0.120. The highest BCUT2D eigenvalue weighted by Crippen LogP contribution is 2.28. The molecule has 31 heavy (non-hydrogen) atoms. The molecule has 2 aromatic carbocycles. The third kappa shape index (κ3) is 4.97. The molecule has 0 unspecified atom stereocenters. The molecule has 2 N–H and O–H groups in total. The number of aryl methyl sites for hydroxylation is 1. The van der Waals surface area contributed by atoms with E-state index in [1.165, 1.54) is 6.92 Å². The van der Waals surface area contributed by atoms with Gasteiger partial charge in [-0.3, -0.25) is 9.59 Å². The Morgan fingerprint density at radius 3 is 2.35 bits per heavy atom. The maximum Gasteiger partial charge on any atom is 0.227 e. The van der Waals surface area contributed by atoms with E-state index >= 15 is 0 Å². The summed E-state index contributed by atoms with van der Waals surface area (Å²) < 4.78 is 0. The fourth-order valence-corrected chi connectivity index (χ4v) is 4.09. The molecule has 0 aliphatic carbocycles. The fourth-order valence-electron chi connectivity index (χ4n) is 3.97. The number of piperidine rings is 1. The molecule has 2 amide bonds. The summed E-state index contributed by atoms with van der Waals surface area (Å²) >= 11 is 5.91. The molecule has 160 valence electrons. The number of aromatic nitrogens is 1. The van der Waals surface area contributed by atoms with Crippen molar-refractivity contribution in [1.82, 2.24) is 4.98 Å². The van der Waals surface area contributed by atoms with Gasteiger partial charge in [-0.05, 0) is 73.9 Å². The number of pyridine rings is 1. The van der Waals surface area contributed by atoms with E-state index in [9.17, 15) is 9.59 Å². The van der Waals surface area contributed by atoms with Crippen molar-refractivity contribution in [3.8, 4) is 0 Å². The first kappa shape index (κ1) is 21.1. The molecule has 3 aromatic rings. The summed E-state index contributed by atoms with van der Waals surface area (Å²) in [5.41, 5.74) is 3.54. The fraction of sp³-hybridized carbons (Fsp3) is 0.292. The Kier molecular flexibility index (Phi) is 6.09. The van der Waals surface area contributed by atoms with Gasteiger partial charge >= 0.3 is 0 Å². The van der Waals surface area contributed by atoms with Crippen molar-refractivity contribution in [3.05, 3.63) is 59.1 Å². The number of fused-ring (bicyclic) bond motifs is 1. The monoisotopic (exact) mass is 436 g/mol. The highest BCUT2D eigenvalue weighted by molar-refractivity contribution is 6.30. The van der Waals surface area contributed by atoms with E-state index < -0.39 is 0 Å². The highest BCUT2D eigenvalue weighted by Gasteiger charge is 2.26. The summed E-state index contributed by atoms with van der Waals surface area (Å²) in [5, 5.41) is 7.47. The van der Waals surface area contributed by atoms with Crippen LogP contribution < -0.4 is 15.5 Å². The van der Waals surface area contributed by atoms with Crippen LogP contribution in [0.4, 0.5) is 17.2 Å². The van der Waals surface area contributed by atoms with Crippen molar-refractivity contribution >= 4 is 51.5 Å². The smallest absolute Gasteiger partial charge is 0.227 e. The Morgan fingerprint density at radius 1 is 1.00 bits per heavy atom. The molecular weight excluding hydrogens is 412 g/mol. The average molecular weight is 437 g/mol. The van der Waals surface area contributed by atoms with Crippen LogP contribution >= 0.6 is 11.6 Å². The van der Waals surface area contributed by atoms with Gasteiger partial charge in [-0.15, -0.1) is 0 Å². The highest BCUT2D eigenvalue weighted by atomic mass is 35.5. The van der Waals surface area contributed by atoms with Crippen molar-refractivity contribution < 1.29 is 9.59 Å². The minimum absolute atomic E-state index is 0.0197. The second kappa shape index (κ2) is 8.94. The summed E-state index contributed by atoms with van der Waals surface area (Å²) in [6.07, 6.45) is 1.55. The van der Waals surface area contributed by atoms with Gasteiger partial charge in [0.1, 0.15) is 5.82 Å². The van der Waals surface area contributed by atoms with Gasteiger partial charge in [-0.1, -0.05) is 11.6 Å². The number of amides is 2. The van der Waals surface area contributed by atoms with Crippen LogP contribution in [0.1, 0.15) is 25.3 Å². The molecular formula is C24H25ClN4O2. The van der Waals surface area contributed by atoms with Gasteiger partial charge in [0.05, 0.1) is 5.52 Å². The van der Waals surface area contributed by atoms with E-state index in [-0.39, 0.29) is 17.7 Å². The largest absolute Gasteiger partial charge is 0.357 e. The quantitative estimate of drug-likeness (QED) is 0.602. The number of anilines is 3. The van der Waals surface area contributed by atoms with Gasteiger partial charge in [0.2, 0.25) is 11.8 Å². The number of nitrogens with one attached hydrogen (secondary N) is 2. The van der Waals surface area contributed by atoms with Crippen molar-refractivity contribution in [2.45, 2.75) is 26.7 Å². The molecule has 0 saturated carbocycles. The molecule has 1 aliphatic heterocycles. The van der Waals surface area contributed by atoms with E-state index in [1.54, 1.807) is 12.1 Å². The standard InChI is InChI=1S/C24H25ClN4O2/c1-15-13-23(28-22-8-7-20(14-21(15)22)26-16(2)30)29-11-9-17(10-12-29)24(31)27-19-5-3-18(25)4-6-19/h3-8,13-14,17H,9-12H2,1-2H3,(H,26,30)(H,27,31). The van der Waals surface area contributed by atoms with Crippen LogP contribution in [0.25, 0.3) is 10.9 Å². The molecule has 1 aliphatic rings. The van der Waals surface area contributed by atoms with Crippen LogP contribution in [-0.4, -0.2) is 29.9 Å². The lowest BCUT2D eigenvalue weighted by Gasteiger charge is -2.32. The maximum atomic E-state index is 12.6. The van der Waals surface area contributed by atoms with Crippen LogP contribution in [0, 0.1) is 12.8 Å². The Morgan fingerprint density at radius 2 is 1.68 bits per heavy atom. The molecule has 1 aromatic heterocycles. The zero-order valence-corrected chi connectivity index (χ0v) is 18.4. The van der Waals surface area contributed by atoms with Gasteiger partial charge in [0, 0.05) is 47.7 Å². The molecule has 0 bridgehead atoms. The van der Waals surface area contributed by atoms with Gasteiger partial charge in [-0.25, -0.2) is 4.98 Å². The van der Waals surface area contributed by atoms with E-state index in [2.05, 4.69) is 28.5 Å². The van der Waals surface area contributed by atoms with Crippen molar-refractivity contribution in [2.75, 3.05) is 28.6 Å². The lowest BCUT2D eigenvalue weighted by Crippen LogP contribution is -2.38. The lowest BCUT2D eigenvalue weighted by atomic mass is 9.95. The van der Waals surface area contributed by atoms with Gasteiger partial charge in [-0.2, -0.15) is 0 Å². The van der Waals surface area contributed by atoms with Crippen LogP contribution in [0.3, 0.4) is 0 Å². The zero-order chi connectivity index (χ0) is 22.0. The maximum absolute atomic E-state index is 12.6. The summed E-state index contributed by atoms with van der Waals surface area (Å²) in [7, 11) is 0. The molecule has 6 nitrogen and oxygen atoms in total. The minimum Gasteiger partial charge on any atom is -0.357 e. The number of nitrogens with zero attached hydrogens (tertiary/aromatic N) is 2. The number of rotatable bonds is 4. The van der Waals surface area contributed by atoms with E-state index in [4.69, 9.17) is 16.6 Å². The predicted molar refractivity (Wildman–Crippen MR) is 126 cm³/mol. The zero-order valence-electron chi connectivity index (χ0n) is 17.6. The molecule has 2 heterocycles. The number of carbonyl (C=O) groups excluding carboxylic acids is 2. The predicted octanol–water partition coefficient (Wildman–Crippen LogP) is 5.01. The third-order valence-corrected chi connectivity index (χ3v) is 5.88. The van der Waals surface area contributed by atoms with Crippen molar-refractivity contribution in [1.29, 1.82) is 0 Å². The summed E-state index contributed by atoms with van der Waals surface area (Å²) in [4.78, 5) is 31.0. The molecule has 1 fully saturated rings. The van der Waals surface area contributed by atoms with Crippen molar-refractivity contribution in [2.24, 2.45) is 5.92 Å². The topological polar surface area (TPSA) is 74.3 Å². The summed E-state index contributed by atoms with van der Waals surface area (Å²) in [5.74, 6) is 0.863. The molecule has 7 heteroatoms. The van der Waals surface area contributed by atoms with Gasteiger partial charge in [0.25, 0.3) is 0 Å². The summed E-state index contributed by atoms with van der Waals surface area (Å²) in [6.45, 7) is 5.11. The summed E-state index contributed by atoms with van der Waals surface area (Å²) in [6, 6.07) is 15.0. The number of benzene rings is 2. The molecule has 1 saturated heterocycles. The molecule has 0 atom stereocenters. The van der Waals surface area contributed by atoms with E-state index in [0.29, 0.717) is 5.02 Å². The first-order chi connectivity index (χ1) is 14.9. The van der Waals surface area contributed by atoms with Crippen LogP contribution in [0.15, 0.2) is 48.5 Å². The van der Waals surface area contributed by atoms with Crippen LogP contribution in [-0.2, 0) is 9.59 Å². The Bertz CT molecular complexity index is 1120.